The van der Waals surface area contributed by atoms with Gasteiger partial charge in [0.1, 0.15) is 5.75 Å². The van der Waals surface area contributed by atoms with Gasteiger partial charge < -0.3 is 10.1 Å². The zero-order valence-corrected chi connectivity index (χ0v) is 14.4. The van der Waals surface area contributed by atoms with Crippen molar-refractivity contribution < 1.29 is 4.74 Å². The average molecular weight is 325 g/mol. The minimum Gasteiger partial charge on any atom is -0.496 e. The first kappa shape index (κ1) is 16.3. The van der Waals surface area contributed by atoms with Gasteiger partial charge >= 0.3 is 0 Å². The minimum absolute atomic E-state index is 0.230. The highest BCUT2D eigenvalue weighted by Crippen LogP contribution is 2.31. The van der Waals surface area contributed by atoms with E-state index in [1.165, 1.54) is 4.88 Å². The summed E-state index contributed by atoms with van der Waals surface area (Å²) < 4.78 is 5.45. The summed E-state index contributed by atoms with van der Waals surface area (Å²) in [5, 5.41) is 5.38. The van der Waals surface area contributed by atoms with Crippen molar-refractivity contribution in [2.24, 2.45) is 0 Å². The number of benzene rings is 1. The highest BCUT2D eigenvalue weighted by molar-refractivity contribution is 7.11. The zero-order valence-electron chi connectivity index (χ0n) is 12.9. The van der Waals surface area contributed by atoms with Crippen LogP contribution in [-0.4, -0.2) is 18.6 Å². The zero-order chi connectivity index (χ0) is 15.4. The molecule has 5 heteroatoms. The van der Waals surface area contributed by atoms with Gasteiger partial charge in [0.05, 0.1) is 17.8 Å². The lowest BCUT2D eigenvalue weighted by Gasteiger charge is -2.19. The largest absolute Gasteiger partial charge is 0.496 e. The molecule has 1 heterocycles. The van der Waals surface area contributed by atoms with Crippen molar-refractivity contribution in [3.05, 3.63) is 44.4 Å². The minimum atomic E-state index is 0.230. The summed E-state index contributed by atoms with van der Waals surface area (Å²) >= 11 is 7.88. The third-order valence-corrected chi connectivity index (χ3v) is 4.79. The van der Waals surface area contributed by atoms with Crippen molar-refractivity contribution in [2.75, 3.05) is 13.7 Å². The first-order valence-electron chi connectivity index (χ1n) is 7.04. The number of nitrogens with one attached hydrogen (secondary N) is 1. The van der Waals surface area contributed by atoms with Gasteiger partial charge in [-0.2, -0.15) is 0 Å². The van der Waals surface area contributed by atoms with Crippen molar-refractivity contribution in [3.8, 4) is 5.75 Å². The number of likely N-dealkylation sites (N-methyl/N-ethyl adjacent to an activating group) is 1. The van der Waals surface area contributed by atoms with E-state index in [0.29, 0.717) is 0 Å². The number of halogens is 1. The average Bonchev–Trinajstić information content (AvgIpc) is 2.77. The molecule has 0 bridgehead atoms. The number of ether oxygens (including phenoxy) is 1. The molecule has 0 radical (unpaired) electrons. The van der Waals surface area contributed by atoms with Crippen LogP contribution in [0.4, 0.5) is 0 Å². The molecule has 114 valence electrons. The van der Waals surface area contributed by atoms with Crippen molar-refractivity contribution in [2.45, 2.75) is 33.2 Å². The highest BCUT2D eigenvalue weighted by Gasteiger charge is 2.19. The van der Waals surface area contributed by atoms with E-state index in [1.807, 2.05) is 25.1 Å². The molecule has 0 saturated heterocycles. The summed E-state index contributed by atoms with van der Waals surface area (Å²) in [7, 11) is 1.69. The Bertz CT molecular complexity index is 612. The van der Waals surface area contributed by atoms with Gasteiger partial charge in [-0.15, -0.1) is 11.3 Å². The molecule has 2 rings (SSSR count). The molecular weight excluding hydrogens is 304 g/mol. The van der Waals surface area contributed by atoms with Crippen molar-refractivity contribution in [1.82, 2.24) is 10.3 Å². The molecule has 2 aromatic rings. The number of thiazole rings is 1. The molecule has 1 aromatic heterocycles. The Kier molecular flexibility index (Phi) is 5.62. The smallest absolute Gasteiger partial charge is 0.122 e. The van der Waals surface area contributed by atoms with Crippen molar-refractivity contribution in [3.63, 3.8) is 0 Å². The third-order valence-electron chi connectivity index (χ3n) is 3.37. The third kappa shape index (κ3) is 3.96. The SMILES string of the molecule is CCNC(Cc1cc(Cl)ccc1OC)c1sc(C)nc1C. The highest BCUT2D eigenvalue weighted by atomic mass is 35.5. The van der Waals surface area contributed by atoms with Gasteiger partial charge in [0.15, 0.2) is 0 Å². The van der Waals surface area contributed by atoms with Gasteiger partial charge in [0.2, 0.25) is 0 Å². The summed E-state index contributed by atoms with van der Waals surface area (Å²) in [6, 6.07) is 5.99. The molecule has 1 unspecified atom stereocenters. The van der Waals surface area contributed by atoms with E-state index in [9.17, 15) is 0 Å². The molecule has 21 heavy (non-hydrogen) atoms. The second kappa shape index (κ2) is 7.25. The quantitative estimate of drug-likeness (QED) is 0.859. The lowest BCUT2D eigenvalue weighted by atomic mass is 10.0. The summed E-state index contributed by atoms with van der Waals surface area (Å²) in [6.07, 6.45) is 0.833. The Balaban J connectivity index is 2.32. The van der Waals surface area contributed by atoms with E-state index in [2.05, 4.69) is 24.1 Å². The number of hydrogen-bond acceptors (Lipinski definition) is 4. The van der Waals surface area contributed by atoms with Gasteiger partial charge in [-0.25, -0.2) is 4.98 Å². The predicted molar refractivity (Wildman–Crippen MR) is 89.7 cm³/mol. The first-order chi connectivity index (χ1) is 10.0. The van der Waals surface area contributed by atoms with E-state index >= 15 is 0 Å². The normalized spacial score (nSPS) is 12.4. The van der Waals surface area contributed by atoms with Crippen LogP contribution in [0.15, 0.2) is 18.2 Å². The fourth-order valence-electron chi connectivity index (χ4n) is 2.50. The number of aryl methyl sites for hydroxylation is 2. The van der Waals surface area contributed by atoms with Crippen LogP contribution in [0.3, 0.4) is 0 Å². The predicted octanol–water partition coefficient (Wildman–Crippen LogP) is 4.32. The molecule has 1 atom stereocenters. The fourth-order valence-corrected chi connectivity index (χ4v) is 3.70. The van der Waals surface area contributed by atoms with Gasteiger partial charge in [0, 0.05) is 15.9 Å². The van der Waals surface area contributed by atoms with E-state index in [-0.39, 0.29) is 6.04 Å². The summed E-state index contributed by atoms with van der Waals surface area (Å²) in [5.74, 6) is 0.876. The Morgan fingerprint density at radius 3 is 2.71 bits per heavy atom. The summed E-state index contributed by atoms with van der Waals surface area (Å²) in [4.78, 5) is 5.83. The maximum Gasteiger partial charge on any atom is 0.122 e. The monoisotopic (exact) mass is 324 g/mol. The Hall–Kier alpha value is -1.10. The molecule has 1 N–H and O–H groups in total. The first-order valence-corrected chi connectivity index (χ1v) is 8.24. The van der Waals surface area contributed by atoms with E-state index in [0.717, 1.165) is 40.0 Å². The molecule has 0 spiro atoms. The van der Waals surface area contributed by atoms with Crippen LogP contribution in [0, 0.1) is 13.8 Å². The van der Waals surface area contributed by atoms with Crippen LogP contribution in [0.25, 0.3) is 0 Å². The van der Waals surface area contributed by atoms with Gasteiger partial charge in [0.25, 0.3) is 0 Å². The lowest BCUT2D eigenvalue weighted by molar-refractivity contribution is 0.406. The Morgan fingerprint density at radius 2 is 2.14 bits per heavy atom. The van der Waals surface area contributed by atoms with Crippen LogP contribution in [0.2, 0.25) is 5.02 Å². The van der Waals surface area contributed by atoms with Crippen LogP contribution in [0.1, 0.15) is 34.1 Å². The van der Waals surface area contributed by atoms with E-state index < -0.39 is 0 Å². The topological polar surface area (TPSA) is 34.1 Å². The molecule has 0 amide bonds. The molecule has 0 aliphatic rings. The second-order valence-electron chi connectivity index (χ2n) is 4.95. The van der Waals surface area contributed by atoms with Gasteiger partial charge in [-0.1, -0.05) is 18.5 Å². The number of rotatable bonds is 6. The Labute approximate surface area is 135 Å². The van der Waals surface area contributed by atoms with E-state index in [4.69, 9.17) is 16.3 Å². The van der Waals surface area contributed by atoms with Crippen LogP contribution < -0.4 is 10.1 Å². The lowest BCUT2D eigenvalue weighted by Crippen LogP contribution is -2.23. The number of hydrogen-bond donors (Lipinski definition) is 1. The maximum atomic E-state index is 6.13. The second-order valence-corrected chi connectivity index (χ2v) is 6.62. The molecule has 0 saturated carbocycles. The van der Waals surface area contributed by atoms with Crippen molar-refractivity contribution >= 4 is 22.9 Å². The molecule has 0 aliphatic heterocycles. The summed E-state index contributed by atoms with van der Waals surface area (Å²) in [5.41, 5.74) is 2.21. The van der Waals surface area contributed by atoms with Gasteiger partial charge in [-0.3, -0.25) is 0 Å². The number of methoxy groups -OCH3 is 1. The number of nitrogens with zero attached hydrogens (tertiary/aromatic N) is 1. The van der Waals surface area contributed by atoms with Crippen LogP contribution in [0.5, 0.6) is 5.75 Å². The van der Waals surface area contributed by atoms with Crippen molar-refractivity contribution in [1.29, 1.82) is 0 Å². The molecule has 0 aliphatic carbocycles. The van der Waals surface area contributed by atoms with Crippen LogP contribution >= 0.6 is 22.9 Å². The maximum absolute atomic E-state index is 6.13. The standard InChI is InChI=1S/C16H21ClN2OS/c1-5-18-14(16-10(2)19-11(3)21-16)9-12-8-13(17)6-7-15(12)20-4/h6-8,14,18H,5,9H2,1-4H3. The van der Waals surface area contributed by atoms with E-state index in [1.54, 1.807) is 18.4 Å². The van der Waals surface area contributed by atoms with Crippen LogP contribution in [-0.2, 0) is 6.42 Å². The molecule has 3 nitrogen and oxygen atoms in total. The molecule has 0 fully saturated rings. The molecular formula is C16H21ClN2OS. The Morgan fingerprint density at radius 1 is 1.38 bits per heavy atom. The number of aromatic nitrogens is 1. The summed E-state index contributed by atoms with van der Waals surface area (Å²) in [6.45, 7) is 7.14. The van der Waals surface area contributed by atoms with Gasteiger partial charge in [-0.05, 0) is 50.6 Å². The fraction of sp³-hybridized carbons (Fsp3) is 0.438. The molecule has 1 aromatic carbocycles.